The molecule has 4 rings (SSSR count). The molecule has 1 unspecified atom stereocenters. The number of fused-ring (bicyclic) bond motifs is 1. The van der Waals surface area contributed by atoms with E-state index < -0.39 is 0 Å². The molecule has 134 valence electrons. The molecule has 0 aliphatic carbocycles. The Morgan fingerprint density at radius 2 is 2.04 bits per heavy atom. The van der Waals surface area contributed by atoms with E-state index in [1.54, 1.807) is 24.7 Å². The van der Waals surface area contributed by atoms with Crippen molar-refractivity contribution in [2.75, 3.05) is 23.7 Å². The number of rotatable bonds is 4. The summed E-state index contributed by atoms with van der Waals surface area (Å²) in [4.78, 5) is 21.1. The second kappa shape index (κ2) is 8.12. The first-order valence-electron chi connectivity index (χ1n) is 8.37. The van der Waals surface area contributed by atoms with Gasteiger partial charge in [-0.25, -0.2) is 0 Å². The fourth-order valence-corrected chi connectivity index (χ4v) is 3.11. The second-order valence-electron chi connectivity index (χ2n) is 6.09. The molecule has 0 spiro atoms. The maximum Gasteiger partial charge on any atom is 0.257 e. The number of hydrogen-bond acceptors (Lipinski definition) is 5. The number of anilines is 2. The highest BCUT2D eigenvalue weighted by molar-refractivity contribution is 6.13. The summed E-state index contributed by atoms with van der Waals surface area (Å²) in [6.45, 7) is 1.98. The summed E-state index contributed by atoms with van der Waals surface area (Å²) < 4.78 is 0. The second-order valence-corrected chi connectivity index (χ2v) is 6.09. The number of amides is 1. The first kappa shape index (κ1) is 18.1. The summed E-state index contributed by atoms with van der Waals surface area (Å²) >= 11 is 0. The number of benzene rings is 1. The summed E-state index contributed by atoms with van der Waals surface area (Å²) in [5.41, 5.74) is 2.92. The standard InChI is InChI=1S/C19H19N5O.ClH/c25-19(24-13-3-1-8-20-11-13)16-5-6-17(23-14-7-10-21-12-14)15-4-2-9-22-18(15)16;/h1-6,8-9,11,14,21,23H,7,10,12H2,(H,24,25);1H. The number of carbonyl (C=O) groups is 1. The van der Waals surface area contributed by atoms with E-state index in [0.29, 0.717) is 22.8 Å². The molecule has 7 heteroatoms. The van der Waals surface area contributed by atoms with Crippen LogP contribution >= 0.6 is 12.4 Å². The average molecular weight is 370 g/mol. The van der Waals surface area contributed by atoms with Crippen LogP contribution in [0.3, 0.4) is 0 Å². The summed E-state index contributed by atoms with van der Waals surface area (Å²) in [5.74, 6) is -0.189. The smallest absolute Gasteiger partial charge is 0.257 e. The largest absolute Gasteiger partial charge is 0.380 e. The van der Waals surface area contributed by atoms with Crippen LogP contribution in [-0.2, 0) is 0 Å². The molecule has 0 radical (unpaired) electrons. The van der Waals surface area contributed by atoms with E-state index in [0.717, 1.165) is 30.6 Å². The van der Waals surface area contributed by atoms with E-state index in [4.69, 9.17) is 0 Å². The maximum absolute atomic E-state index is 12.7. The van der Waals surface area contributed by atoms with Gasteiger partial charge in [-0.05, 0) is 49.4 Å². The quantitative estimate of drug-likeness (QED) is 0.658. The van der Waals surface area contributed by atoms with Gasteiger partial charge in [0.05, 0.1) is 23.0 Å². The highest BCUT2D eigenvalue weighted by Gasteiger charge is 2.18. The van der Waals surface area contributed by atoms with Crippen molar-refractivity contribution < 1.29 is 4.79 Å². The molecule has 26 heavy (non-hydrogen) atoms. The Bertz CT molecular complexity index is 897. The normalized spacial score (nSPS) is 16.1. The van der Waals surface area contributed by atoms with E-state index in [1.165, 1.54) is 0 Å². The Morgan fingerprint density at radius 3 is 2.81 bits per heavy atom. The number of halogens is 1. The van der Waals surface area contributed by atoms with Crippen molar-refractivity contribution in [3.8, 4) is 0 Å². The molecular formula is C19H20ClN5O. The molecule has 1 aliphatic heterocycles. The summed E-state index contributed by atoms with van der Waals surface area (Å²) in [5, 5.41) is 10.7. The zero-order valence-electron chi connectivity index (χ0n) is 14.1. The molecule has 0 bridgehead atoms. The van der Waals surface area contributed by atoms with Crippen molar-refractivity contribution in [1.29, 1.82) is 0 Å². The van der Waals surface area contributed by atoms with Crippen LogP contribution in [-0.4, -0.2) is 35.0 Å². The maximum atomic E-state index is 12.7. The third kappa shape index (κ3) is 3.76. The van der Waals surface area contributed by atoms with Crippen molar-refractivity contribution >= 4 is 40.6 Å². The lowest BCUT2D eigenvalue weighted by Gasteiger charge is -2.16. The average Bonchev–Trinajstić information content (AvgIpc) is 3.16. The van der Waals surface area contributed by atoms with Crippen LogP contribution in [0.5, 0.6) is 0 Å². The first-order chi connectivity index (χ1) is 12.3. The highest BCUT2D eigenvalue weighted by atomic mass is 35.5. The number of nitrogens with zero attached hydrogens (tertiary/aromatic N) is 2. The summed E-state index contributed by atoms with van der Waals surface area (Å²) in [7, 11) is 0. The summed E-state index contributed by atoms with van der Waals surface area (Å²) in [6, 6.07) is 11.7. The highest BCUT2D eigenvalue weighted by Crippen LogP contribution is 2.27. The van der Waals surface area contributed by atoms with Crippen LogP contribution in [0.4, 0.5) is 11.4 Å². The topological polar surface area (TPSA) is 78.9 Å². The predicted octanol–water partition coefficient (Wildman–Crippen LogP) is 3.08. The van der Waals surface area contributed by atoms with E-state index >= 15 is 0 Å². The minimum Gasteiger partial charge on any atom is -0.380 e. The Labute approximate surface area is 157 Å². The number of nitrogens with one attached hydrogen (secondary N) is 3. The SMILES string of the molecule is Cl.O=C(Nc1cccnc1)c1ccc(NC2CCNC2)c2cccnc12. The van der Waals surface area contributed by atoms with E-state index in [1.807, 2.05) is 30.3 Å². The van der Waals surface area contributed by atoms with Crippen LogP contribution in [0.1, 0.15) is 16.8 Å². The molecule has 1 saturated heterocycles. The van der Waals surface area contributed by atoms with E-state index in [-0.39, 0.29) is 18.3 Å². The molecule has 1 aromatic carbocycles. The summed E-state index contributed by atoms with van der Waals surface area (Å²) in [6.07, 6.45) is 6.09. The van der Waals surface area contributed by atoms with Crippen LogP contribution in [0.15, 0.2) is 55.0 Å². The van der Waals surface area contributed by atoms with Crippen LogP contribution in [0, 0.1) is 0 Å². The molecule has 0 saturated carbocycles. The molecule has 3 heterocycles. The fraction of sp³-hybridized carbons (Fsp3) is 0.211. The molecule has 3 N–H and O–H groups in total. The van der Waals surface area contributed by atoms with Gasteiger partial charge in [0.1, 0.15) is 0 Å². The van der Waals surface area contributed by atoms with Gasteiger partial charge in [-0.2, -0.15) is 0 Å². The van der Waals surface area contributed by atoms with Gasteiger partial charge in [-0.3, -0.25) is 14.8 Å². The van der Waals surface area contributed by atoms with Gasteiger partial charge in [0.25, 0.3) is 5.91 Å². The zero-order chi connectivity index (χ0) is 17.1. The Hall–Kier alpha value is -2.70. The molecule has 2 aromatic heterocycles. The first-order valence-corrected chi connectivity index (χ1v) is 8.37. The lowest BCUT2D eigenvalue weighted by atomic mass is 10.1. The molecule has 1 amide bonds. The van der Waals surface area contributed by atoms with Gasteiger partial charge in [-0.15, -0.1) is 12.4 Å². The number of carbonyl (C=O) groups excluding carboxylic acids is 1. The Morgan fingerprint density at radius 1 is 1.15 bits per heavy atom. The van der Waals surface area contributed by atoms with Gasteiger partial charge in [0.15, 0.2) is 0 Å². The third-order valence-electron chi connectivity index (χ3n) is 4.35. The van der Waals surface area contributed by atoms with Crippen molar-refractivity contribution in [3.63, 3.8) is 0 Å². The fourth-order valence-electron chi connectivity index (χ4n) is 3.11. The van der Waals surface area contributed by atoms with Crippen molar-refractivity contribution in [2.24, 2.45) is 0 Å². The molecule has 1 aliphatic rings. The van der Waals surface area contributed by atoms with E-state index in [2.05, 4.69) is 25.9 Å². The van der Waals surface area contributed by atoms with Gasteiger partial charge in [-0.1, -0.05) is 0 Å². The number of hydrogen-bond donors (Lipinski definition) is 3. The lowest BCUT2D eigenvalue weighted by Crippen LogP contribution is -2.22. The molecule has 3 aromatic rings. The van der Waals surface area contributed by atoms with Crippen LogP contribution in [0.2, 0.25) is 0 Å². The van der Waals surface area contributed by atoms with Crippen molar-refractivity contribution in [3.05, 3.63) is 60.6 Å². The molecule has 1 fully saturated rings. The van der Waals surface area contributed by atoms with Gasteiger partial charge in [0.2, 0.25) is 0 Å². The lowest BCUT2D eigenvalue weighted by molar-refractivity contribution is 0.102. The third-order valence-corrected chi connectivity index (χ3v) is 4.35. The number of aromatic nitrogens is 2. The van der Waals surface area contributed by atoms with Crippen molar-refractivity contribution in [2.45, 2.75) is 12.5 Å². The number of pyridine rings is 2. The monoisotopic (exact) mass is 369 g/mol. The predicted molar refractivity (Wildman–Crippen MR) is 106 cm³/mol. The minimum atomic E-state index is -0.189. The van der Waals surface area contributed by atoms with Crippen molar-refractivity contribution in [1.82, 2.24) is 15.3 Å². The van der Waals surface area contributed by atoms with Crippen LogP contribution in [0.25, 0.3) is 10.9 Å². The Balaban J connectivity index is 0.00000196. The van der Waals surface area contributed by atoms with Gasteiger partial charge >= 0.3 is 0 Å². The zero-order valence-corrected chi connectivity index (χ0v) is 14.9. The van der Waals surface area contributed by atoms with Gasteiger partial charge in [0, 0.05) is 36.1 Å². The van der Waals surface area contributed by atoms with E-state index in [9.17, 15) is 4.79 Å². The molecule has 6 nitrogen and oxygen atoms in total. The van der Waals surface area contributed by atoms with Crippen LogP contribution < -0.4 is 16.0 Å². The molecule has 1 atom stereocenters. The van der Waals surface area contributed by atoms with Gasteiger partial charge < -0.3 is 16.0 Å². The molecular weight excluding hydrogens is 350 g/mol. The minimum absolute atomic E-state index is 0. The Kier molecular flexibility index (Phi) is 5.65.